The van der Waals surface area contributed by atoms with Gasteiger partial charge in [-0.2, -0.15) is 0 Å². The van der Waals surface area contributed by atoms with Crippen molar-refractivity contribution in [1.29, 1.82) is 0 Å². The molecule has 0 bridgehead atoms. The first kappa shape index (κ1) is 17.0. The average molecular weight is 355 g/mol. The van der Waals surface area contributed by atoms with Gasteiger partial charge in [0.15, 0.2) is 0 Å². The molecule has 0 saturated heterocycles. The van der Waals surface area contributed by atoms with Gasteiger partial charge in [0.2, 0.25) is 5.89 Å². The van der Waals surface area contributed by atoms with E-state index in [4.69, 9.17) is 9.15 Å². The summed E-state index contributed by atoms with van der Waals surface area (Å²) in [7, 11) is 1.62. The molecule has 2 aromatic carbocycles. The number of nitrogens with one attached hydrogen (secondary N) is 1. The number of anilines is 1. The quantitative estimate of drug-likeness (QED) is 0.680. The minimum absolute atomic E-state index is 0.0856. The zero-order chi connectivity index (χ0) is 17.6. The third-order valence-electron chi connectivity index (χ3n) is 3.55. The summed E-state index contributed by atoms with van der Waals surface area (Å²) in [6, 6.07) is 15.0. The average Bonchev–Trinajstić information content (AvgIpc) is 3.09. The molecule has 0 saturated carbocycles. The maximum atomic E-state index is 12.2. The monoisotopic (exact) mass is 355 g/mol. The lowest BCUT2D eigenvalue weighted by molar-refractivity contribution is 0.102. The normalized spacial score (nSPS) is 10.5. The maximum Gasteiger partial charge on any atom is 0.322 e. The fourth-order valence-corrected chi connectivity index (χ4v) is 2.61. The van der Waals surface area contributed by atoms with Crippen LogP contribution < -0.4 is 10.1 Å². The summed E-state index contributed by atoms with van der Waals surface area (Å²) in [6.45, 7) is 0. The van der Waals surface area contributed by atoms with Crippen LogP contribution in [0.3, 0.4) is 0 Å². The number of rotatable bonds is 6. The van der Waals surface area contributed by atoms with Gasteiger partial charge < -0.3 is 9.15 Å². The van der Waals surface area contributed by atoms with Gasteiger partial charge in [0.1, 0.15) is 5.75 Å². The number of thioether (sulfide) groups is 1. The molecule has 3 rings (SSSR count). The molecule has 1 N–H and O–H groups in total. The SMILES string of the molecule is COc1ccc(Cc2nnc(NC(=O)c3ccc(SC)cc3)o2)cc1. The van der Waals surface area contributed by atoms with Crippen molar-refractivity contribution < 1.29 is 13.9 Å². The first-order valence-electron chi connectivity index (χ1n) is 7.58. The molecule has 7 heteroatoms. The smallest absolute Gasteiger partial charge is 0.322 e. The Morgan fingerprint density at radius 2 is 1.84 bits per heavy atom. The number of carbonyl (C=O) groups is 1. The van der Waals surface area contributed by atoms with Crippen molar-refractivity contribution in [1.82, 2.24) is 10.2 Å². The Kier molecular flexibility index (Phi) is 5.35. The van der Waals surface area contributed by atoms with Gasteiger partial charge in [-0.15, -0.1) is 16.9 Å². The Bertz CT molecular complexity index is 845. The Hall–Kier alpha value is -2.80. The van der Waals surface area contributed by atoms with E-state index in [1.165, 1.54) is 0 Å². The predicted molar refractivity (Wildman–Crippen MR) is 96.3 cm³/mol. The lowest BCUT2D eigenvalue weighted by Gasteiger charge is -2.02. The second-order valence-electron chi connectivity index (χ2n) is 5.21. The largest absolute Gasteiger partial charge is 0.497 e. The summed E-state index contributed by atoms with van der Waals surface area (Å²) in [5, 5.41) is 10.4. The number of nitrogens with zero attached hydrogens (tertiary/aromatic N) is 2. The van der Waals surface area contributed by atoms with Crippen LogP contribution in [-0.4, -0.2) is 29.5 Å². The van der Waals surface area contributed by atoms with Crippen molar-refractivity contribution in [2.75, 3.05) is 18.7 Å². The van der Waals surface area contributed by atoms with Crippen molar-refractivity contribution in [3.8, 4) is 5.75 Å². The summed E-state index contributed by atoms with van der Waals surface area (Å²) in [5.74, 6) is 0.931. The molecule has 3 aromatic rings. The van der Waals surface area contributed by atoms with Gasteiger partial charge in [0.25, 0.3) is 5.91 Å². The van der Waals surface area contributed by atoms with Crippen LogP contribution >= 0.6 is 11.8 Å². The van der Waals surface area contributed by atoms with Gasteiger partial charge in [-0.1, -0.05) is 17.2 Å². The molecule has 0 fully saturated rings. The fourth-order valence-electron chi connectivity index (χ4n) is 2.21. The third-order valence-corrected chi connectivity index (χ3v) is 4.30. The molecule has 1 amide bonds. The highest BCUT2D eigenvalue weighted by atomic mass is 32.2. The van der Waals surface area contributed by atoms with Crippen LogP contribution in [0.5, 0.6) is 5.75 Å². The fraction of sp³-hybridized carbons (Fsp3) is 0.167. The molecule has 0 atom stereocenters. The van der Waals surface area contributed by atoms with Crippen LogP contribution in [0.2, 0.25) is 0 Å². The Labute approximate surface area is 149 Å². The van der Waals surface area contributed by atoms with E-state index in [9.17, 15) is 4.79 Å². The van der Waals surface area contributed by atoms with E-state index in [0.717, 1.165) is 16.2 Å². The second-order valence-corrected chi connectivity index (χ2v) is 6.09. The first-order valence-corrected chi connectivity index (χ1v) is 8.81. The number of carbonyl (C=O) groups excluding carboxylic acids is 1. The molecule has 0 radical (unpaired) electrons. The zero-order valence-electron chi connectivity index (χ0n) is 13.9. The van der Waals surface area contributed by atoms with Crippen molar-refractivity contribution >= 4 is 23.7 Å². The summed E-state index contributed by atoms with van der Waals surface area (Å²) in [4.78, 5) is 13.3. The van der Waals surface area contributed by atoms with Gasteiger partial charge in [0.05, 0.1) is 13.5 Å². The summed E-state index contributed by atoms with van der Waals surface area (Å²) < 4.78 is 10.6. The summed E-state index contributed by atoms with van der Waals surface area (Å²) in [6.07, 6.45) is 2.47. The van der Waals surface area contributed by atoms with Gasteiger partial charge >= 0.3 is 6.01 Å². The van der Waals surface area contributed by atoms with E-state index < -0.39 is 0 Å². The highest BCUT2D eigenvalue weighted by Crippen LogP contribution is 2.17. The molecule has 0 aliphatic rings. The molecule has 0 aliphatic heterocycles. The highest BCUT2D eigenvalue weighted by molar-refractivity contribution is 7.98. The minimum Gasteiger partial charge on any atom is -0.497 e. The van der Waals surface area contributed by atoms with Gasteiger partial charge in [0, 0.05) is 10.5 Å². The molecule has 25 heavy (non-hydrogen) atoms. The van der Waals surface area contributed by atoms with Gasteiger partial charge in [-0.3, -0.25) is 10.1 Å². The molecular formula is C18H17N3O3S. The van der Waals surface area contributed by atoms with Gasteiger partial charge in [-0.25, -0.2) is 0 Å². The minimum atomic E-state index is -0.285. The Morgan fingerprint density at radius 1 is 1.12 bits per heavy atom. The van der Waals surface area contributed by atoms with Crippen molar-refractivity contribution in [3.63, 3.8) is 0 Å². The summed E-state index contributed by atoms with van der Waals surface area (Å²) >= 11 is 1.62. The number of methoxy groups -OCH3 is 1. The molecule has 1 heterocycles. The van der Waals surface area contributed by atoms with Crippen LogP contribution in [0.4, 0.5) is 6.01 Å². The molecular weight excluding hydrogens is 338 g/mol. The number of hydrogen-bond donors (Lipinski definition) is 1. The molecule has 6 nitrogen and oxygen atoms in total. The van der Waals surface area contributed by atoms with Crippen LogP contribution in [0, 0.1) is 0 Å². The number of amides is 1. The van der Waals surface area contributed by atoms with Crippen molar-refractivity contribution in [2.45, 2.75) is 11.3 Å². The second kappa shape index (κ2) is 7.85. The van der Waals surface area contributed by atoms with E-state index in [-0.39, 0.29) is 11.9 Å². The molecule has 128 valence electrons. The van der Waals surface area contributed by atoms with E-state index in [1.54, 1.807) is 31.0 Å². The highest BCUT2D eigenvalue weighted by Gasteiger charge is 2.12. The van der Waals surface area contributed by atoms with Crippen LogP contribution in [0.25, 0.3) is 0 Å². The van der Waals surface area contributed by atoms with Crippen LogP contribution in [0.15, 0.2) is 57.8 Å². The Balaban J connectivity index is 1.63. The topological polar surface area (TPSA) is 77.3 Å². The number of benzene rings is 2. The maximum absolute atomic E-state index is 12.2. The van der Waals surface area contributed by atoms with Crippen molar-refractivity contribution in [2.24, 2.45) is 0 Å². The predicted octanol–water partition coefficient (Wildman–Crippen LogP) is 3.64. The number of aromatic nitrogens is 2. The van der Waals surface area contributed by atoms with Gasteiger partial charge in [-0.05, 0) is 48.2 Å². The first-order chi connectivity index (χ1) is 12.2. The number of hydrogen-bond acceptors (Lipinski definition) is 6. The molecule has 1 aromatic heterocycles. The lowest BCUT2D eigenvalue weighted by atomic mass is 10.1. The number of ether oxygens (including phenoxy) is 1. The van der Waals surface area contributed by atoms with Crippen LogP contribution in [0.1, 0.15) is 21.8 Å². The Morgan fingerprint density at radius 3 is 2.48 bits per heavy atom. The third kappa shape index (κ3) is 4.39. The van der Waals surface area contributed by atoms with E-state index in [1.807, 2.05) is 42.7 Å². The van der Waals surface area contributed by atoms with E-state index >= 15 is 0 Å². The molecule has 0 spiro atoms. The van der Waals surface area contributed by atoms with E-state index in [2.05, 4.69) is 15.5 Å². The lowest BCUT2D eigenvalue weighted by Crippen LogP contribution is -2.11. The standard InChI is InChI=1S/C18H17N3O3S/c1-23-14-7-3-12(4-8-14)11-16-20-21-18(24-16)19-17(22)13-5-9-15(25-2)10-6-13/h3-10H,11H2,1-2H3,(H,19,21,22). The molecule has 0 unspecified atom stereocenters. The summed E-state index contributed by atoms with van der Waals surface area (Å²) in [5.41, 5.74) is 1.54. The zero-order valence-corrected chi connectivity index (χ0v) is 14.7. The van der Waals surface area contributed by atoms with E-state index in [0.29, 0.717) is 17.9 Å². The van der Waals surface area contributed by atoms with Crippen LogP contribution in [-0.2, 0) is 6.42 Å². The molecule has 0 aliphatic carbocycles. The van der Waals surface area contributed by atoms with Crippen molar-refractivity contribution in [3.05, 3.63) is 65.5 Å².